The Morgan fingerprint density at radius 2 is 2.14 bits per heavy atom. The molecule has 2 fully saturated rings. The highest BCUT2D eigenvalue weighted by atomic mass is 19.1. The van der Waals surface area contributed by atoms with E-state index in [1.807, 2.05) is 11.9 Å². The van der Waals surface area contributed by atoms with Crippen molar-refractivity contribution in [3.63, 3.8) is 0 Å². The molecule has 5 heteroatoms. The number of hydrogen-bond acceptors (Lipinski definition) is 3. The van der Waals surface area contributed by atoms with E-state index >= 15 is 0 Å². The first-order chi connectivity index (χ1) is 10.5. The van der Waals surface area contributed by atoms with Gasteiger partial charge in [0.15, 0.2) is 5.78 Å². The molecule has 2 bridgehead atoms. The molecule has 0 aromatic rings. The van der Waals surface area contributed by atoms with Crippen LogP contribution >= 0.6 is 0 Å². The van der Waals surface area contributed by atoms with Crippen molar-refractivity contribution in [2.45, 2.75) is 45.2 Å². The fourth-order valence-corrected chi connectivity index (χ4v) is 3.72. The summed E-state index contributed by atoms with van der Waals surface area (Å²) in [5, 5.41) is 3.59. The fraction of sp³-hybridized carbons (Fsp3) is 0.529. The van der Waals surface area contributed by atoms with Gasteiger partial charge in [0.05, 0.1) is 24.8 Å². The molecule has 118 valence electrons. The third-order valence-corrected chi connectivity index (χ3v) is 4.72. The number of hydrogen-bond donors (Lipinski definition) is 0. The van der Waals surface area contributed by atoms with Crippen molar-refractivity contribution in [3.8, 4) is 0 Å². The normalized spacial score (nSPS) is 32.7. The summed E-state index contributed by atoms with van der Waals surface area (Å²) < 4.78 is 13.2. The Balaban J connectivity index is 1.90. The molecule has 0 spiro atoms. The minimum atomic E-state index is -0.287. The lowest BCUT2D eigenvalue weighted by atomic mass is 9.77. The van der Waals surface area contributed by atoms with Crippen LogP contribution < -0.4 is 0 Å². The topological polar surface area (TPSA) is 40.6 Å². The fourth-order valence-electron chi connectivity index (χ4n) is 3.72. The molecule has 1 amide bonds. The number of fused-ring (bicyclic) bond motifs is 1. The van der Waals surface area contributed by atoms with Gasteiger partial charge in [-0.1, -0.05) is 18.2 Å². The molecule has 22 heavy (non-hydrogen) atoms. The summed E-state index contributed by atoms with van der Waals surface area (Å²) in [5.41, 5.74) is 0.742. The highest BCUT2D eigenvalue weighted by Gasteiger charge is 2.49. The zero-order chi connectivity index (χ0) is 15.9. The Kier molecular flexibility index (Phi) is 4.00. The van der Waals surface area contributed by atoms with E-state index in [0.717, 1.165) is 18.4 Å². The van der Waals surface area contributed by atoms with Gasteiger partial charge >= 0.3 is 0 Å². The molecule has 3 aliphatic heterocycles. The molecule has 2 saturated heterocycles. The molecule has 0 radical (unpaired) electrons. The van der Waals surface area contributed by atoms with E-state index < -0.39 is 0 Å². The van der Waals surface area contributed by atoms with Crippen molar-refractivity contribution in [1.29, 1.82) is 0 Å². The van der Waals surface area contributed by atoms with Gasteiger partial charge in [0.1, 0.15) is 0 Å². The van der Waals surface area contributed by atoms with E-state index in [0.29, 0.717) is 6.54 Å². The second-order valence-electron chi connectivity index (χ2n) is 6.21. The van der Waals surface area contributed by atoms with Gasteiger partial charge in [-0.25, -0.2) is 9.40 Å². The van der Waals surface area contributed by atoms with Crippen LogP contribution in [0.3, 0.4) is 0 Å². The van der Waals surface area contributed by atoms with Crippen LogP contribution in [0.15, 0.2) is 35.7 Å². The minimum Gasteiger partial charge on any atom is -0.297 e. The first-order valence-electron chi connectivity index (χ1n) is 7.80. The third-order valence-electron chi connectivity index (χ3n) is 4.72. The van der Waals surface area contributed by atoms with Gasteiger partial charge in [-0.2, -0.15) is 0 Å². The SMILES string of the molecule is C/C=C(\C=C(/C)F)CN1C(=O)CC(=O)C2C3C=CC(CC3)N21. The Labute approximate surface area is 129 Å². The maximum atomic E-state index is 13.2. The van der Waals surface area contributed by atoms with Crippen LogP contribution in [0, 0.1) is 5.92 Å². The van der Waals surface area contributed by atoms with Crippen molar-refractivity contribution in [1.82, 2.24) is 10.0 Å². The van der Waals surface area contributed by atoms with Crippen LogP contribution in [0.1, 0.15) is 33.1 Å². The number of nitrogens with zero attached hydrogens (tertiary/aromatic N) is 2. The van der Waals surface area contributed by atoms with E-state index in [9.17, 15) is 14.0 Å². The van der Waals surface area contributed by atoms with Crippen molar-refractivity contribution in [3.05, 3.63) is 35.7 Å². The first-order valence-corrected chi connectivity index (χ1v) is 7.80. The summed E-state index contributed by atoms with van der Waals surface area (Å²) in [5.74, 6) is -0.267. The second-order valence-corrected chi connectivity index (χ2v) is 6.21. The van der Waals surface area contributed by atoms with Crippen LogP contribution in [-0.4, -0.2) is 40.3 Å². The number of Topliss-reactive ketones (excluding diaryl/α,β-unsaturated/α-hetero) is 1. The predicted octanol–water partition coefficient (Wildman–Crippen LogP) is 2.54. The standard InChI is InChI=1S/C17H21FN2O2/c1-3-12(8-11(2)18)10-19-16(22)9-15(21)17-13-4-6-14(7-5-13)20(17)19/h3-4,6,8,13-14,17H,5,7,9-10H2,1-2H3/b11-8+,12-3+. The van der Waals surface area contributed by atoms with Gasteiger partial charge in [0.2, 0.25) is 5.91 Å². The summed E-state index contributed by atoms with van der Waals surface area (Å²) in [6.07, 6.45) is 9.36. The molecule has 0 aromatic heterocycles. The average Bonchev–Trinajstić information content (AvgIpc) is 2.50. The summed E-state index contributed by atoms with van der Waals surface area (Å²) in [6.45, 7) is 3.53. The minimum absolute atomic E-state index is 0.0135. The average molecular weight is 304 g/mol. The van der Waals surface area contributed by atoms with Gasteiger partial charge in [-0.05, 0) is 38.3 Å². The van der Waals surface area contributed by atoms with E-state index in [4.69, 9.17) is 0 Å². The second kappa shape index (κ2) is 5.80. The molecule has 1 aliphatic carbocycles. The smallest absolute Gasteiger partial charge is 0.244 e. The lowest BCUT2D eigenvalue weighted by molar-refractivity contribution is -0.180. The van der Waals surface area contributed by atoms with Crippen LogP contribution in [-0.2, 0) is 9.59 Å². The van der Waals surface area contributed by atoms with Gasteiger partial charge in [0.25, 0.3) is 0 Å². The molecule has 4 nitrogen and oxygen atoms in total. The molecular weight excluding hydrogens is 283 g/mol. The Bertz CT molecular complexity index is 589. The number of amides is 1. The number of ketones is 1. The summed E-state index contributed by atoms with van der Waals surface area (Å²) in [6, 6.07) is -0.133. The molecule has 3 unspecified atom stereocenters. The zero-order valence-corrected chi connectivity index (χ0v) is 13.0. The predicted molar refractivity (Wildman–Crippen MR) is 81.2 cm³/mol. The molecule has 0 aromatic carbocycles. The number of rotatable bonds is 3. The maximum Gasteiger partial charge on any atom is 0.244 e. The lowest BCUT2D eigenvalue weighted by Crippen LogP contribution is -2.67. The number of halogens is 1. The van der Waals surface area contributed by atoms with Gasteiger partial charge in [-0.3, -0.25) is 14.6 Å². The van der Waals surface area contributed by atoms with E-state index in [-0.39, 0.29) is 41.9 Å². The molecular formula is C17H21FN2O2. The molecule has 3 atom stereocenters. The van der Waals surface area contributed by atoms with Crippen LogP contribution in [0.5, 0.6) is 0 Å². The number of hydrazine groups is 1. The van der Waals surface area contributed by atoms with Crippen molar-refractivity contribution < 1.29 is 14.0 Å². The van der Waals surface area contributed by atoms with Crippen LogP contribution in [0.2, 0.25) is 0 Å². The Morgan fingerprint density at radius 3 is 2.73 bits per heavy atom. The highest BCUT2D eigenvalue weighted by Crippen LogP contribution is 2.39. The van der Waals surface area contributed by atoms with Crippen molar-refractivity contribution in [2.24, 2.45) is 5.92 Å². The van der Waals surface area contributed by atoms with E-state index in [1.54, 1.807) is 11.1 Å². The third kappa shape index (κ3) is 2.54. The maximum absolute atomic E-state index is 13.2. The first kappa shape index (κ1) is 15.2. The van der Waals surface area contributed by atoms with E-state index in [2.05, 4.69) is 12.2 Å². The highest BCUT2D eigenvalue weighted by molar-refractivity contribution is 6.03. The number of piperidine rings is 1. The molecule has 4 rings (SSSR count). The van der Waals surface area contributed by atoms with Crippen LogP contribution in [0.25, 0.3) is 0 Å². The van der Waals surface area contributed by atoms with Gasteiger partial charge < -0.3 is 0 Å². The summed E-state index contributed by atoms with van der Waals surface area (Å²) >= 11 is 0. The largest absolute Gasteiger partial charge is 0.297 e. The van der Waals surface area contributed by atoms with Crippen molar-refractivity contribution >= 4 is 11.7 Å². The monoisotopic (exact) mass is 304 g/mol. The van der Waals surface area contributed by atoms with E-state index in [1.165, 1.54) is 13.0 Å². The Morgan fingerprint density at radius 1 is 1.36 bits per heavy atom. The molecule has 0 N–H and O–H groups in total. The number of allylic oxidation sites excluding steroid dienone is 2. The quantitative estimate of drug-likeness (QED) is 0.457. The number of carbonyl (C=O) groups is 2. The number of carbonyl (C=O) groups excluding carboxylic acids is 2. The molecule has 4 aliphatic rings. The Hall–Kier alpha value is -1.75. The molecule has 3 heterocycles. The zero-order valence-electron chi connectivity index (χ0n) is 13.0. The van der Waals surface area contributed by atoms with Crippen LogP contribution in [0.4, 0.5) is 4.39 Å². The lowest BCUT2D eigenvalue weighted by Gasteiger charge is -2.54. The summed E-state index contributed by atoms with van der Waals surface area (Å²) in [7, 11) is 0. The summed E-state index contributed by atoms with van der Waals surface area (Å²) in [4.78, 5) is 24.7. The van der Waals surface area contributed by atoms with Gasteiger partial charge in [-0.15, -0.1) is 0 Å². The van der Waals surface area contributed by atoms with Crippen molar-refractivity contribution in [2.75, 3.05) is 6.54 Å². The van der Waals surface area contributed by atoms with Gasteiger partial charge in [0, 0.05) is 12.0 Å². The molecule has 0 saturated carbocycles.